The number of carbonyl (C=O) groups excluding carboxylic acids is 1. The summed E-state index contributed by atoms with van der Waals surface area (Å²) < 4.78 is 111. The van der Waals surface area contributed by atoms with E-state index in [-0.39, 0.29) is 29.5 Å². The van der Waals surface area contributed by atoms with E-state index in [1.165, 1.54) is 17.7 Å². The summed E-state index contributed by atoms with van der Waals surface area (Å²) in [6.07, 6.45) is -7.42. The van der Waals surface area contributed by atoms with E-state index in [0.29, 0.717) is 29.7 Å². The number of hydrogen-bond donors (Lipinski definition) is 2. The van der Waals surface area contributed by atoms with Gasteiger partial charge in [-0.25, -0.2) is 0 Å². The van der Waals surface area contributed by atoms with Gasteiger partial charge in [-0.05, 0) is 70.0 Å². The van der Waals surface area contributed by atoms with Crippen LogP contribution < -0.4 is 5.32 Å². The van der Waals surface area contributed by atoms with Crippen LogP contribution in [-0.4, -0.2) is 36.3 Å². The van der Waals surface area contributed by atoms with Gasteiger partial charge in [-0.3, -0.25) is 9.35 Å². The summed E-state index contributed by atoms with van der Waals surface area (Å²) in [4.78, 5) is 12.2. The Labute approximate surface area is 297 Å². The zero-order valence-corrected chi connectivity index (χ0v) is 29.1. The first-order chi connectivity index (χ1) is 24.2. The van der Waals surface area contributed by atoms with Crippen LogP contribution in [0.15, 0.2) is 114 Å². The molecule has 5 aromatic rings. The molecule has 276 valence electrons. The fraction of sp³-hybridized carbons (Fsp3) is 0.263. The van der Waals surface area contributed by atoms with Crippen LogP contribution in [0.1, 0.15) is 70.6 Å². The van der Waals surface area contributed by atoms with Crippen molar-refractivity contribution in [2.75, 3.05) is 12.3 Å². The number of nitrogens with zero attached hydrogens (tertiary/aromatic N) is 1. The minimum absolute atomic E-state index is 0.00259. The summed E-state index contributed by atoms with van der Waals surface area (Å²) in [5.41, 5.74) is 2.27. The van der Waals surface area contributed by atoms with Crippen molar-refractivity contribution < 1.29 is 48.6 Å². The predicted molar refractivity (Wildman–Crippen MR) is 184 cm³/mol. The van der Waals surface area contributed by atoms with Crippen molar-refractivity contribution >= 4 is 16.0 Å². The topological polar surface area (TPSA) is 110 Å². The van der Waals surface area contributed by atoms with Crippen LogP contribution in [-0.2, 0) is 34.3 Å². The van der Waals surface area contributed by atoms with E-state index in [2.05, 4.69) is 55.5 Å². The lowest BCUT2D eigenvalue weighted by atomic mass is 9.84. The normalized spacial score (nSPS) is 12.8. The lowest BCUT2D eigenvalue weighted by Crippen LogP contribution is -2.28. The second-order valence-corrected chi connectivity index (χ2v) is 14.5. The Morgan fingerprint density at radius 3 is 1.83 bits per heavy atom. The Morgan fingerprint density at radius 1 is 0.769 bits per heavy atom. The smallest absolute Gasteiger partial charge is 0.364 e. The zero-order chi connectivity index (χ0) is 38.3. The van der Waals surface area contributed by atoms with Crippen LogP contribution in [0.5, 0.6) is 0 Å². The molecule has 0 saturated carbocycles. The second kappa shape index (κ2) is 16.2. The molecule has 0 fully saturated rings. The van der Waals surface area contributed by atoms with Gasteiger partial charge in [-0.1, -0.05) is 92.7 Å². The number of amides is 1. The van der Waals surface area contributed by atoms with E-state index in [9.17, 15) is 39.6 Å². The number of nitrogens with one attached hydrogen (secondary N) is 1. The minimum Gasteiger partial charge on any atom is -0.364 e. The maximum atomic E-state index is 12.7. The quantitative estimate of drug-likeness (QED) is 0.115. The number of hydrogen-bond acceptors (Lipinski definition) is 5. The first-order valence-corrected chi connectivity index (χ1v) is 17.5. The third-order valence-corrected chi connectivity index (χ3v) is 8.71. The van der Waals surface area contributed by atoms with E-state index >= 15 is 0 Å². The lowest BCUT2D eigenvalue weighted by Gasteiger charge is -2.21. The van der Waals surface area contributed by atoms with Crippen LogP contribution in [0.25, 0.3) is 11.1 Å². The highest BCUT2D eigenvalue weighted by atomic mass is 32.2. The van der Waals surface area contributed by atoms with E-state index in [1.807, 2.05) is 18.2 Å². The van der Waals surface area contributed by atoms with Gasteiger partial charge in [0.05, 0.1) is 22.6 Å². The molecule has 7 nitrogen and oxygen atoms in total. The first-order valence-electron chi connectivity index (χ1n) is 15.9. The predicted octanol–water partition coefficient (Wildman–Crippen LogP) is 9.36. The summed E-state index contributed by atoms with van der Waals surface area (Å²) in [5, 5.41) is 6.63. The molecule has 0 aliphatic rings. The molecule has 2 N–H and O–H groups in total. The molecule has 0 saturated heterocycles. The van der Waals surface area contributed by atoms with Crippen LogP contribution in [0, 0.1) is 0 Å². The summed E-state index contributed by atoms with van der Waals surface area (Å²) in [7, 11) is -4.11. The van der Waals surface area contributed by atoms with Crippen LogP contribution in [0.2, 0.25) is 0 Å². The fourth-order valence-corrected chi connectivity index (χ4v) is 5.55. The Balaban J connectivity index is 0.000000259. The molecular weight excluding hydrogens is 710 g/mol. The maximum absolute atomic E-state index is 12.7. The highest BCUT2D eigenvalue weighted by Crippen LogP contribution is 2.38. The molecule has 1 amide bonds. The number of benzene rings is 4. The van der Waals surface area contributed by atoms with Gasteiger partial charge in [0.1, 0.15) is 6.26 Å². The number of halogens is 6. The molecule has 0 spiro atoms. The van der Waals surface area contributed by atoms with Crippen molar-refractivity contribution in [3.8, 4) is 11.1 Å². The largest absolute Gasteiger partial charge is 0.416 e. The minimum atomic E-state index is -4.83. The second-order valence-electron chi connectivity index (χ2n) is 13.0. The summed E-state index contributed by atoms with van der Waals surface area (Å²) in [6, 6.07) is 26.7. The number of carbonyl (C=O) groups is 1. The van der Waals surface area contributed by atoms with Crippen molar-refractivity contribution in [1.29, 1.82) is 0 Å². The van der Waals surface area contributed by atoms with Gasteiger partial charge < -0.3 is 9.84 Å². The fourth-order valence-electron chi connectivity index (χ4n) is 5.19. The van der Waals surface area contributed by atoms with Crippen molar-refractivity contribution in [3.05, 3.63) is 148 Å². The molecule has 1 atom stereocenters. The standard InChI is InChI=1S/C24H28N2O5S.C14H8F6/c1-24(2,3)20-10-8-18(9-11-20)21(22-12-14-31-26-22)16-17-4-6-19(7-5-17)23(27)25-13-15-32(28,29)30;15-13(16,17)11-6-10(9-4-2-1-3-5-9)7-12(8-11)14(18,19)20/h4-12,14,21H,13,15-16H2,1-3H3,(H,25,27)(H,28,29,30);1-8H. The highest BCUT2D eigenvalue weighted by Gasteiger charge is 2.37. The molecule has 0 bridgehead atoms. The van der Waals surface area contributed by atoms with Crippen LogP contribution in [0.3, 0.4) is 0 Å². The summed E-state index contributed by atoms with van der Waals surface area (Å²) in [6.45, 7) is 6.38. The number of rotatable bonds is 9. The third kappa shape index (κ3) is 11.5. The van der Waals surface area contributed by atoms with Crippen molar-refractivity contribution in [1.82, 2.24) is 10.5 Å². The number of aromatic nitrogens is 1. The van der Waals surface area contributed by atoms with Gasteiger partial charge in [-0.2, -0.15) is 34.8 Å². The van der Waals surface area contributed by atoms with Crippen molar-refractivity contribution in [2.45, 2.75) is 50.9 Å². The molecule has 4 aromatic carbocycles. The molecule has 14 heteroatoms. The monoisotopic (exact) mass is 746 g/mol. The van der Waals surface area contributed by atoms with Gasteiger partial charge in [0, 0.05) is 24.1 Å². The Morgan fingerprint density at radius 2 is 1.35 bits per heavy atom. The van der Waals surface area contributed by atoms with E-state index in [0.717, 1.165) is 16.8 Å². The molecule has 0 aliphatic heterocycles. The molecule has 0 radical (unpaired) electrons. The van der Waals surface area contributed by atoms with E-state index in [1.54, 1.807) is 36.6 Å². The molecule has 52 heavy (non-hydrogen) atoms. The van der Waals surface area contributed by atoms with Gasteiger partial charge in [0.2, 0.25) is 0 Å². The Kier molecular flexibility index (Phi) is 12.4. The third-order valence-electron chi connectivity index (χ3n) is 7.99. The van der Waals surface area contributed by atoms with E-state index < -0.39 is 45.3 Å². The number of alkyl halides is 6. The van der Waals surface area contributed by atoms with Gasteiger partial charge in [0.25, 0.3) is 16.0 Å². The molecule has 1 aromatic heterocycles. The summed E-state index contributed by atoms with van der Waals surface area (Å²) in [5.74, 6) is -0.923. The molecule has 5 rings (SSSR count). The lowest BCUT2D eigenvalue weighted by molar-refractivity contribution is -0.143. The average molecular weight is 747 g/mol. The van der Waals surface area contributed by atoms with E-state index in [4.69, 9.17) is 9.08 Å². The maximum Gasteiger partial charge on any atom is 0.416 e. The van der Waals surface area contributed by atoms with Crippen LogP contribution >= 0.6 is 0 Å². The first kappa shape index (κ1) is 39.8. The van der Waals surface area contributed by atoms with Gasteiger partial charge in [0.15, 0.2) is 0 Å². The molecule has 1 unspecified atom stereocenters. The average Bonchev–Trinajstić information content (AvgIpc) is 3.61. The molecule has 0 aliphatic carbocycles. The highest BCUT2D eigenvalue weighted by molar-refractivity contribution is 7.85. The summed E-state index contributed by atoms with van der Waals surface area (Å²) >= 11 is 0. The van der Waals surface area contributed by atoms with Crippen LogP contribution in [0.4, 0.5) is 26.3 Å². The Hall–Kier alpha value is -4.95. The van der Waals surface area contributed by atoms with Crippen molar-refractivity contribution in [3.63, 3.8) is 0 Å². The molecule has 1 heterocycles. The van der Waals surface area contributed by atoms with Gasteiger partial charge in [-0.15, -0.1) is 0 Å². The van der Waals surface area contributed by atoms with Gasteiger partial charge >= 0.3 is 12.4 Å². The zero-order valence-electron chi connectivity index (χ0n) is 28.3. The van der Waals surface area contributed by atoms with Crippen molar-refractivity contribution in [2.24, 2.45) is 0 Å². The molecular formula is C38H36F6N2O5S. The SMILES string of the molecule is CC(C)(C)c1ccc(C(Cc2ccc(C(=O)NCCS(=O)(=O)O)cc2)c2ccon2)cc1.FC(F)(F)c1cc(-c2ccccc2)cc(C(F)(F)F)c1. The Bertz CT molecular complexity index is 1990.